The quantitative estimate of drug-likeness (QED) is 0.760. The average molecular weight is 340 g/mol. The minimum absolute atomic E-state index is 0.0930. The Hall–Kier alpha value is -3.03. The molecule has 3 heterocycles. The van der Waals surface area contributed by atoms with Crippen LogP contribution >= 0.6 is 0 Å². The lowest BCUT2D eigenvalue weighted by Crippen LogP contribution is -2.45. The third kappa shape index (κ3) is 3.15. The molecule has 0 radical (unpaired) electrons. The highest BCUT2D eigenvalue weighted by atomic mass is 19.1. The number of halogens is 1. The lowest BCUT2D eigenvalue weighted by molar-refractivity contribution is 0.0931. The number of nitrogens with zero attached hydrogens (tertiary/aromatic N) is 4. The van der Waals surface area contributed by atoms with Crippen LogP contribution in [0.4, 0.5) is 10.2 Å². The topological polar surface area (TPSA) is 86.8 Å². The number of anilines is 1. The van der Waals surface area contributed by atoms with E-state index in [2.05, 4.69) is 30.4 Å². The Morgan fingerprint density at radius 3 is 2.72 bits per heavy atom. The number of amides is 1. The number of hydrogen-bond acceptors (Lipinski definition) is 5. The summed E-state index contributed by atoms with van der Waals surface area (Å²) in [5.74, 6) is 0.347. The number of carbonyl (C=O) groups is 1. The van der Waals surface area contributed by atoms with Crippen molar-refractivity contribution in [2.75, 3.05) is 18.0 Å². The molecule has 0 saturated carbocycles. The van der Waals surface area contributed by atoms with Crippen molar-refractivity contribution in [3.63, 3.8) is 0 Å². The smallest absolute Gasteiger partial charge is 0.251 e. The van der Waals surface area contributed by atoms with Crippen LogP contribution in [0.5, 0.6) is 0 Å². The summed E-state index contributed by atoms with van der Waals surface area (Å²) in [4.78, 5) is 22.9. The van der Waals surface area contributed by atoms with Crippen LogP contribution in [0.2, 0.25) is 0 Å². The molecule has 128 valence electrons. The first-order chi connectivity index (χ1) is 12.2. The first kappa shape index (κ1) is 15.5. The fourth-order valence-electron chi connectivity index (χ4n) is 3.11. The van der Waals surface area contributed by atoms with Crippen LogP contribution in [0.3, 0.4) is 0 Å². The van der Waals surface area contributed by atoms with Gasteiger partial charge in [0.1, 0.15) is 18.0 Å². The number of rotatable bonds is 3. The summed E-state index contributed by atoms with van der Waals surface area (Å²) >= 11 is 0. The summed E-state index contributed by atoms with van der Waals surface area (Å²) in [5.41, 5.74) is 1.19. The highest BCUT2D eigenvalue weighted by Crippen LogP contribution is 2.24. The van der Waals surface area contributed by atoms with Gasteiger partial charge in [0.15, 0.2) is 5.65 Å². The van der Waals surface area contributed by atoms with Gasteiger partial charge in [-0.2, -0.15) is 5.10 Å². The van der Waals surface area contributed by atoms with E-state index < -0.39 is 0 Å². The van der Waals surface area contributed by atoms with Crippen LogP contribution in [0.1, 0.15) is 23.2 Å². The van der Waals surface area contributed by atoms with E-state index in [9.17, 15) is 9.18 Å². The highest BCUT2D eigenvalue weighted by molar-refractivity contribution is 5.94. The number of fused-ring (bicyclic) bond motifs is 1. The van der Waals surface area contributed by atoms with Crippen LogP contribution in [0, 0.1) is 5.82 Å². The zero-order valence-electron chi connectivity index (χ0n) is 13.4. The molecule has 1 aliphatic rings. The molecule has 0 atom stereocenters. The van der Waals surface area contributed by atoms with Gasteiger partial charge in [-0.15, -0.1) is 0 Å². The molecular formula is C17H17FN6O. The molecule has 0 bridgehead atoms. The summed E-state index contributed by atoms with van der Waals surface area (Å²) in [6.07, 6.45) is 4.89. The predicted molar refractivity (Wildman–Crippen MR) is 90.8 cm³/mol. The van der Waals surface area contributed by atoms with Crippen molar-refractivity contribution in [1.82, 2.24) is 25.5 Å². The molecule has 8 heteroatoms. The Balaban J connectivity index is 1.39. The van der Waals surface area contributed by atoms with E-state index in [0.717, 1.165) is 42.8 Å². The number of carbonyl (C=O) groups excluding carboxylic acids is 1. The van der Waals surface area contributed by atoms with Crippen molar-refractivity contribution >= 4 is 22.8 Å². The summed E-state index contributed by atoms with van der Waals surface area (Å²) in [7, 11) is 0. The van der Waals surface area contributed by atoms with E-state index in [4.69, 9.17) is 0 Å². The van der Waals surface area contributed by atoms with E-state index in [1.807, 2.05) is 0 Å². The van der Waals surface area contributed by atoms with Crippen molar-refractivity contribution < 1.29 is 9.18 Å². The van der Waals surface area contributed by atoms with E-state index in [1.54, 1.807) is 6.20 Å². The van der Waals surface area contributed by atoms with Gasteiger partial charge in [-0.05, 0) is 37.1 Å². The van der Waals surface area contributed by atoms with Gasteiger partial charge in [0.2, 0.25) is 0 Å². The number of aromatic amines is 1. The highest BCUT2D eigenvalue weighted by Gasteiger charge is 2.23. The molecule has 3 aromatic rings. The van der Waals surface area contributed by atoms with Crippen molar-refractivity contribution in [3.05, 3.63) is 48.2 Å². The fraction of sp³-hybridized carbons (Fsp3) is 0.294. The van der Waals surface area contributed by atoms with Gasteiger partial charge in [-0.3, -0.25) is 9.89 Å². The second-order valence-corrected chi connectivity index (χ2v) is 6.07. The molecule has 25 heavy (non-hydrogen) atoms. The summed E-state index contributed by atoms with van der Waals surface area (Å²) < 4.78 is 12.9. The largest absolute Gasteiger partial charge is 0.356 e. The monoisotopic (exact) mass is 340 g/mol. The summed E-state index contributed by atoms with van der Waals surface area (Å²) in [6, 6.07) is 5.67. The van der Waals surface area contributed by atoms with Crippen molar-refractivity contribution in [2.45, 2.75) is 18.9 Å². The number of benzene rings is 1. The van der Waals surface area contributed by atoms with Crippen molar-refractivity contribution in [2.24, 2.45) is 0 Å². The minimum atomic E-state index is -0.347. The summed E-state index contributed by atoms with van der Waals surface area (Å²) in [6.45, 7) is 1.57. The maximum atomic E-state index is 12.9. The number of aromatic nitrogens is 4. The molecule has 1 saturated heterocycles. The first-order valence-electron chi connectivity index (χ1n) is 8.16. The molecule has 1 fully saturated rings. The maximum absolute atomic E-state index is 12.9. The third-order valence-corrected chi connectivity index (χ3v) is 4.46. The second kappa shape index (κ2) is 6.46. The van der Waals surface area contributed by atoms with Gasteiger partial charge in [-0.25, -0.2) is 14.4 Å². The van der Waals surface area contributed by atoms with Gasteiger partial charge in [0, 0.05) is 24.7 Å². The van der Waals surface area contributed by atoms with Crippen LogP contribution in [0.25, 0.3) is 11.0 Å². The SMILES string of the molecule is O=C(NC1CCN(c2ncnc3[nH]ncc23)CC1)c1ccc(F)cc1. The van der Waals surface area contributed by atoms with Gasteiger partial charge in [-0.1, -0.05) is 0 Å². The first-order valence-corrected chi connectivity index (χ1v) is 8.16. The predicted octanol–water partition coefficient (Wildman–Crippen LogP) is 1.89. The average Bonchev–Trinajstić information content (AvgIpc) is 3.12. The molecule has 4 rings (SSSR count). The zero-order valence-corrected chi connectivity index (χ0v) is 13.4. The summed E-state index contributed by atoms with van der Waals surface area (Å²) in [5, 5.41) is 10.8. The Labute approximate surface area is 143 Å². The van der Waals surface area contributed by atoms with E-state index in [-0.39, 0.29) is 17.8 Å². The third-order valence-electron chi connectivity index (χ3n) is 4.46. The molecule has 1 amide bonds. The van der Waals surface area contributed by atoms with Gasteiger partial charge in [0.05, 0.1) is 11.6 Å². The Morgan fingerprint density at radius 2 is 1.96 bits per heavy atom. The van der Waals surface area contributed by atoms with E-state index >= 15 is 0 Å². The lowest BCUT2D eigenvalue weighted by Gasteiger charge is -2.33. The molecule has 0 spiro atoms. The van der Waals surface area contributed by atoms with Gasteiger partial charge in [0.25, 0.3) is 5.91 Å². The molecule has 0 aliphatic carbocycles. The second-order valence-electron chi connectivity index (χ2n) is 6.07. The molecule has 2 N–H and O–H groups in total. The standard InChI is InChI=1S/C17H17FN6O/c18-12-3-1-11(2-4-12)17(25)22-13-5-7-24(8-6-13)16-14-9-21-23-15(14)19-10-20-16/h1-4,9-10,13H,5-8H2,(H,22,25)(H,19,20,21,23). The zero-order chi connectivity index (χ0) is 17.2. The van der Waals surface area contributed by atoms with Crippen molar-refractivity contribution in [3.8, 4) is 0 Å². The van der Waals surface area contributed by atoms with Crippen LogP contribution < -0.4 is 10.2 Å². The van der Waals surface area contributed by atoms with E-state index in [1.165, 1.54) is 30.6 Å². The van der Waals surface area contributed by atoms with Crippen molar-refractivity contribution in [1.29, 1.82) is 0 Å². The number of piperidine rings is 1. The lowest BCUT2D eigenvalue weighted by atomic mass is 10.0. The van der Waals surface area contributed by atoms with Gasteiger partial charge >= 0.3 is 0 Å². The Kier molecular flexibility index (Phi) is 4.01. The maximum Gasteiger partial charge on any atom is 0.251 e. The number of H-pyrrole nitrogens is 1. The Bertz CT molecular complexity index is 886. The molecule has 2 aromatic heterocycles. The fourth-order valence-corrected chi connectivity index (χ4v) is 3.11. The van der Waals surface area contributed by atoms with Crippen LogP contribution in [-0.2, 0) is 0 Å². The molecule has 7 nitrogen and oxygen atoms in total. The Morgan fingerprint density at radius 1 is 1.20 bits per heavy atom. The number of hydrogen-bond donors (Lipinski definition) is 2. The normalized spacial score (nSPS) is 15.5. The van der Waals surface area contributed by atoms with E-state index in [0.29, 0.717) is 5.56 Å². The van der Waals surface area contributed by atoms with Crippen LogP contribution in [-0.4, -0.2) is 45.2 Å². The molecule has 1 aliphatic heterocycles. The molecule has 0 unspecified atom stereocenters. The molecule has 1 aromatic carbocycles. The number of nitrogens with one attached hydrogen (secondary N) is 2. The van der Waals surface area contributed by atoms with Gasteiger partial charge < -0.3 is 10.2 Å². The minimum Gasteiger partial charge on any atom is -0.356 e. The molecular weight excluding hydrogens is 323 g/mol. The van der Waals surface area contributed by atoms with Crippen LogP contribution in [0.15, 0.2) is 36.8 Å².